The molecule has 0 aromatic heterocycles. The third-order valence-corrected chi connectivity index (χ3v) is 2.98. The summed E-state index contributed by atoms with van der Waals surface area (Å²) in [6.07, 6.45) is 0. The van der Waals surface area contributed by atoms with Gasteiger partial charge in [0.05, 0.1) is 0 Å². The molecule has 2 rings (SSSR count). The minimum absolute atomic E-state index is 0.0449. The van der Waals surface area contributed by atoms with E-state index in [0.29, 0.717) is 17.9 Å². The van der Waals surface area contributed by atoms with Crippen LogP contribution in [0.4, 0.5) is 5.69 Å². The van der Waals surface area contributed by atoms with Crippen molar-refractivity contribution in [2.24, 2.45) is 5.73 Å². The standard InChI is InChI=1S/C16H17N3O3/c17-16(18)12-3-5-13(6-4-12)19-9-11-1-7-14(8-2-11)22-10-15(20)21/h1-8,19H,9-10H2,(H3,17,18)(H,20,21). The number of benzene rings is 2. The summed E-state index contributed by atoms with van der Waals surface area (Å²) in [5, 5.41) is 19.1. The molecule has 0 unspecified atom stereocenters. The fraction of sp³-hybridized carbons (Fsp3) is 0.125. The van der Waals surface area contributed by atoms with Crippen molar-refractivity contribution in [3.05, 3.63) is 59.7 Å². The number of carboxylic acid groups (broad SMARTS) is 1. The van der Waals surface area contributed by atoms with Crippen LogP contribution in [-0.2, 0) is 11.3 Å². The number of anilines is 1. The van der Waals surface area contributed by atoms with Crippen molar-refractivity contribution in [3.63, 3.8) is 0 Å². The summed E-state index contributed by atoms with van der Waals surface area (Å²) in [5.41, 5.74) is 8.05. The molecule has 6 heteroatoms. The maximum atomic E-state index is 10.4. The smallest absolute Gasteiger partial charge is 0.341 e. The fourth-order valence-electron chi connectivity index (χ4n) is 1.82. The van der Waals surface area contributed by atoms with E-state index in [1.165, 1.54) is 0 Å². The first-order valence-electron chi connectivity index (χ1n) is 6.66. The van der Waals surface area contributed by atoms with E-state index in [0.717, 1.165) is 11.3 Å². The van der Waals surface area contributed by atoms with E-state index in [9.17, 15) is 4.79 Å². The molecule has 0 spiro atoms. The van der Waals surface area contributed by atoms with Crippen molar-refractivity contribution < 1.29 is 14.6 Å². The molecule has 6 nitrogen and oxygen atoms in total. The second-order valence-electron chi connectivity index (χ2n) is 4.67. The Kier molecular flexibility index (Phi) is 4.98. The number of rotatable bonds is 7. The Balaban J connectivity index is 1.88. The van der Waals surface area contributed by atoms with Crippen molar-refractivity contribution in [1.82, 2.24) is 0 Å². The number of hydrogen-bond donors (Lipinski definition) is 4. The van der Waals surface area contributed by atoms with Crippen molar-refractivity contribution in [2.75, 3.05) is 11.9 Å². The number of ether oxygens (including phenoxy) is 1. The minimum atomic E-state index is -1.00. The van der Waals surface area contributed by atoms with Gasteiger partial charge in [-0.15, -0.1) is 0 Å². The van der Waals surface area contributed by atoms with Crippen molar-refractivity contribution >= 4 is 17.5 Å². The summed E-state index contributed by atoms with van der Waals surface area (Å²) in [7, 11) is 0. The van der Waals surface area contributed by atoms with Gasteiger partial charge in [0, 0.05) is 17.8 Å². The lowest BCUT2D eigenvalue weighted by atomic mass is 10.2. The van der Waals surface area contributed by atoms with Crippen LogP contribution in [0.15, 0.2) is 48.5 Å². The molecule has 5 N–H and O–H groups in total. The van der Waals surface area contributed by atoms with Gasteiger partial charge in [0.2, 0.25) is 0 Å². The predicted octanol–water partition coefficient (Wildman–Crippen LogP) is 2.05. The largest absolute Gasteiger partial charge is 0.482 e. The van der Waals surface area contributed by atoms with Gasteiger partial charge in [-0.25, -0.2) is 4.79 Å². The van der Waals surface area contributed by atoms with E-state index in [2.05, 4.69) is 5.32 Å². The molecular weight excluding hydrogens is 282 g/mol. The van der Waals surface area contributed by atoms with Crippen LogP contribution >= 0.6 is 0 Å². The molecule has 114 valence electrons. The summed E-state index contributed by atoms with van der Waals surface area (Å²) in [4.78, 5) is 10.4. The van der Waals surface area contributed by atoms with Gasteiger partial charge < -0.3 is 20.9 Å². The normalized spacial score (nSPS) is 10.0. The molecule has 0 amide bonds. The fourth-order valence-corrected chi connectivity index (χ4v) is 1.82. The van der Waals surface area contributed by atoms with Gasteiger partial charge >= 0.3 is 5.97 Å². The molecule has 0 bridgehead atoms. The van der Waals surface area contributed by atoms with Crippen LogP contribution in [0.2, 0.25) is 0 Å². The second kappa shape index (κ2) is 7.12. The number of hydrogen-bond acceptors (Lipinski definition) is 4. The van der Waals surface area contributed by atoms with Crippen LogP contribution in [-0.4, -0.2) is 23.5 Å². The highest BCUT2D eigenvalue weighted by atomic mass is 16.5. The lowest BCUT2D eigenvalue weighted by Crippen LogP contribution is -2.10. The third-order valence-electron chi connectivity index (χ3n) is 2.98. The molecule has 0 radical (unpaired) electrons. The highest BCUT2D eigenvalue weighted by Crippen LogP contribution is 2.14. The zero-order valence-corrected chi connectivity index (χ0v) is 11.9. The number of carboxylic acids is 1. The average molecular weight is 299 g/mol. The van der Waals surface area contributed by atoms with Crippen molar-refractivity contribution in [2.45, 2.75) is 6.54 Å². The number of nitrogen functional groups attached to an aromatic ring is 1. The topological polar surface area (TPSA) is 108 Å². The van der Waals surface area contributed by atoms with Gasteiger partial charge in [0.1, 0.15) is 11.6 Å². The molecule has 0 aliphatic rings. The second-order valence-corrected chi connectivity index (χ2v) is 4.67. The van der Waals surface area contributed by atoms with Crippen LogP contribution in [0.25, 0.3) is 0 Å². The van der Waals surface area contributed by atoms with Gasteiger partial charge in [-0.1, -0.05) is 12.1 Å². The maximum absolute atomic E-state index is 10.4. The average Bonchev–Trinajstić information content (AvgIpc) is 2.52. The van der Waals surface area contributed by atoms with Gasteiger partial charge in [-0.3, -0.25) is 5.41 Å². The Morgan fingerprint density at radius 3 is 2.32 bits per heavy atom. The number of carbonyl (C=O) groups is 1. The molecule has 0 heterocycles. The first kappa shape index (κ1) is 15.4. The van der Waals surface area contributed by atoms with E-state index in [4.69, 9.17) is 21.0 Å². The van der Waals surface area contributed by atoms with Crippen LogP contribution in [0.5, 0.6) is 5.75 Å². The molecule has 0 fully saturated rings. The van der Waals surface area contributed by atoms with E-state index < -0.39 is 5.97 Å². The zero-order chi connectivity index (χ0) is 15.9. The maximum Gasteiger partial charge on any atom is 0.341 e. The van der Waals surface area contributed by atoms with Crippen LogP contribution in [0, 0.1) is 5.41 Å². The van der Waals surface area contributed by atoms with Gasteiger partial charge in [-0.05, 0) is 42.0 Å². The summed E-state index contributed by atoms with van der Waals surface area (Å²) >= 11 is 0. The van der Waals surface area contributed by atoms with Gasteiger partial charge in [0.15, 0.2) is 6.61 Å². The zero-order valence-electron chi connectivity index (χ0n) is 11.9. The van der Waals surface area contributed by atoms with Gasteiger partial charge in [0.25, 0.3) is 0 Å². The van der Waals surface area contributed by atoms with Crippen molar-refractivity contribution in [3.8, 4) is 5.75 Å². The summed E-state index contributed by atoms with van der Waals surface area (Å²) < 4.78 is 5.07. The summed E-state index contributed by atoms with van der Waals surface area (Å²) in [5.74, 6) is -0.430. The highest BCUT2D eigenvalue weighted by molar-refractivity contribution is 5.95. The lowest BCUT2D eigenvalue weighted by Gasteiger charge is -2.08. The van der Waals surface area contributed by atoms with Crippen molar-refractivity contribution in [1.29, 1.82) is 5.41 Å². The Morgan fingerprint density at radius 1 is 1.14 bits per heavy atom. The highest BCUT2D eigenvalue weighted by Gasteiger charge is 2.00. The molecule has 0 aliphatic heterocycles. The van der Waals surface area contributed by atoms with E-state index in [1.807, 2.05) is 24.3 Å². The number of aliphatic carboxylic acids is 1. The number of nitrogens with one attached hydrogen (secondary N) is 2. The SMILES string of the molecule is N=C(N)c1ccc(NCc2ccc(OCC(=O)O)cc2)cc1. The van der Waals surface area contributed by atoms with Gasteiger partial charge in [-0.2, -0.15) is 0 Å². The quantitative estimate of drug-likeness (QED) is 0.462. The minimum Gasteiger partial charge on any atom is -0.482 e. The molecule has 0 atom stereocenters. The Morgan fingerprint density at radius 2 is 1.77 bits per heavy atom. The first-order valence-corrected chi connectivity index (χ1v) is 6.66. The Bertz CT molecular complexity index is 651. The van der Waals surface area contributed by atoms with E-state index in [1.54, 1.807) is 24.3 Å². The third kappa shape index (κ3) is 4.52. The Hall–Kier alpha value is -3.02. The lowest BCUT2D eigenvalue weighted by molar-refractivity contribution is -0.139. The molecule has 0 saturated carbocycles. The molecule has 2 aromatic carbocycles. The molecule has 0 aliphatic carbocycles. The van der Waals surface area contributed by atoms with E-state index >= 15 is 0 Å². The number of amidine groups is 1. The van der Waals surface area contributed by atoms with Crippen LogP contribution < -0.4 is 15.8 Å². The first-order chi connectivity index (χ1) is 10.5. The van der Waals surface area contributed by atoms with Crippen LogP contribution in [0.1, 0.15) is 11.1 Å². The monoisotopic (exact) mass is 299 g/mol. The molecular formula is C16H17N3O3. The molecule has 0 saturated heterocycles. The summed E-state index contributed by atoms with van der Waals surface area (Å²) in [6, 6.07) is 14.5. The summed E-state index contributed by atoms with van der Waals surface area (Å²) in [6.45, 7) is 0.277. The molecule has 22 heavy (non-hydrogen) atoms. The number of nitrogens with two attached hydrogens (primary N) is 1. The predicted molar refractivity (Wildman–Crippen MR) is 84.4 cm³/mol. The van der Waals surface area contributed by atoms with Crippen LogP contribution in [0.3, 0.4) is 0 Å². The Labute approximate surface area is 128 Å². The molecule has 2 aromatic rings. The van der Waals surface area contributed by atoms with E-state index in [-0.39, 0.29) is 12.4 Å².